The molecule has 8 atom stereocenters. The lowest BCUT2D eigenvalue weighted by Gasteiger charge is -2.58. The molecule has 8 heteroatoms. The van der Waals surface area contributed by atoms with Gasteiger partial charge in [0.15, 0.2) is 11.6 Å². The summed E-state index contributed by atoms with van der Waals surface area (Å²) in [5, 5.41) is 9.39. The van der Waals surface area contributed by atoms with Crippen molar-refractivity contribution in [2.75, 3.05) is 26.9 Å². The Morgan fingerprint density at radius 1 is 1.08 bits per heavy atom. The van der Waals surface area contributed by atoms with Crippen molar-refractivity contribution in [2.45, 2.75) is 65.4 Å². The molecule has 0 aromatic rings. The average molecular weight is 517 g/mol. The fraction of sp³-hybridized carbons (Fsp3) is 0.724. The largest absolute Gasteiger partial charge is 0.463 e. The topological polar surface area (TPSA) is 116 Å². The fourth-order valence-corrected chi connectivity index (χ4v) is 8.01. The van der Waals surface area contributed by atoms with E-state index in [2.05, 4.69) is 13.8 Å². The van der Waals surface area contributed by atoms with Crippen molar-refractivity contribution in [3.05, 3.63) is 23.8 Å². The Balaban J connectivity index is 1.53. The summed E-state index contributed by atoms with van der Waals surface area (Å²) in [5.74, 6) is -0.330. The van der Waals surface area contributed by atoms with Gasteiger partial charge in [-0.15, -0.1) is 0 Å². The number of hydrogen-bond acceptors (Lipinski definition) is 8. The summed E-state index contributed by atoms with van der Waals surface area (Å²) in [6.45, 7) is 5.77. The Morgan fingerprint density at radius 2 is 1.84 bits per heavy atom. The van der Waals surface area contributed by atoms with Crippen molar-refractivity contribution < 1.29 is 38.5 Å². The van der Waals surface area contributed by atoms with Crippen LogP contribution in [0.3, 0.4) is 0 Å². The molecule has 0 saturated heterocycles. The van der Waals surface area contributed by atoms with Crippen molar-refractivity contribution in [1.82, 2.24) is 0 Å². The summed E-state index contributed by atoms with van der Waals surface area (Å²) < 4.78 is 15.6. The lowest BCUT2D eigenvalue weighted by molar-refractivity contribution is -0.152. The molecule has 3 fully saturated rings. The molecule has 4 aliphatic carbocycles. The van der Waals surface area contributed by atoms with Crippen LogP contribution in [0, 0.1) is 40.4 Å². The summed E-state index contributed by atoms with van der Waals surface area (Å²) in [4.78, 5) is 49.5. The average Bonchev–Trinajstić information content (AvgIpc) is 3.19. The van der Waals surface area contributed by atoms with Crippen LogP contribution < -0.4 is 0 Å². The van der Waals surface area contributed by atoms with Gasteiger partial charge in [-0.05, 0) is 79.9 Å². The van der Waals surface area contributed by atoms with Crippen molar-refractivity contribution >= 4 is 23.5 Å². The molecule has 0 heterocycles. The number of ether oxygens (including phenoxy) is 3. The second-order valence-electron chi connectivity index (χ2n) is 11.9. The standard InChI is InChI=1S/C29H40O8/c1-17(30)11-26(33)37-15-25(32)23-6-5-21-20-12-18(14-36-27(34)16-35-4)24-13-19(31)7-9-29(24,3)22(20)8-10-28(21,23)2/h7,9,13,17-18,20-23,30H,5-6,8,10-12,14-16H2,1-4H3/t17?,18-,20+,21+,22+,23-,28+,29-/m1/s1. The number of fused-ring (bicyclic) bond motifs is 5. The Kier molecular flexibility index (Phi) is 8.10. The van der Waals surface area contributed by atoms with E-state index in [1.165, 1.54) is 14.0 Å². The van der Waals surface area contributed by atoms with Gasteiger partial charge in [0.05, 0.1) is 19.1 Å². The highest BCUT2D eigenvalue weighted by Gasteiger charge is 2.61. The smallest absolute Gasteiger partial charge is 0.332 e. The zero-order valence-corrected chi connectivity index (χ0v) is 22.4. The number of Topliss-reactive ketones (excluding diaryl/α,β-unsaturated/α-hetero) is 1. The van der Waals surface area contributed by atoms with E-state index in [-0.39, 0.29) is 60.5 Å². The summed E-state index contributed by atoms with van der Waals surface area (Å²) in [5.41, 5.74) is 0.554. The Bertz CT molecular complexity index is 996. The number of esters is 2. The van der Waals surface area contributed by atoms with E-state index in [0.717, 1.165) is 37.7 Å². The third kappa shape index (κ3) is 5.32. The van der Waals surface area contributed by atoms with Crippen molar-refractivity contribution in [2.24, 2.45) is 40.4 Å². The van der Waals surface area contributed by atoms with Crippen molar-refractivity contribution in [1.29, 1.82) is 0 Å². The number of methoxy groups -OCH3 is 1. The number of rotatable bonds is 9. The minimum absolute atomic E-state index is 0.0311. The summed E-state index contributed by atoms with van der Waals surface area (Å²) in [6, 6.07) is 0. The van der Waals surface area contributed by atoms with Gasteiger partial charge >= 0.3 is 11.9 Å². The number of hydrogen-bond donors (Lipinski definition) is 1. The molecule has 1 unspecified atom stereocenters. The zero-order chi connectivity index (χ0) is 27.0. The first kappa shape index (κ1) is 27.7. The predicted molar refractivity (Wildman–Crippen MR) is 134 cm³/mol. The Hall–Kier alpha value is -2.32. The SMILES string of the molecule is COCC(=O)OC[C@H]1C[C@H]2[C@@H]3CC[C@H](C(=O)COC(=O)CC(C)O)[C@@]3(C)CC[C@@H]2[C@@]2(C)C=CC(=O)C=C12. The first-order chi connectivity index (χ1) is 17.5. The van der Waals surface area contributed by atoms with Crippen LogP contribution in [0.2, 0.25) is 0 Å². The normalized spacial score (nSPS) is 37.1. The maximum absolute atomic E-state index is 13.2. The van der Waals surface area contributed by atoms with Crippen LogP contribution >= 0.6 is 0 Å². The van der Waals surface area contributed by atoms with Crippen molar-refractivity contribution in [3.63, 3.8) is 0 Å². The quantitative estimate of drug-likeness (QED) is 0.465. The molecule has 0 amide bonds. The van der Waals surface area contributed by atoms with E-state index in [1.807, 2.05) is 6.08 Å². The van der Waals surface area contributed by atoms with Gasteiger partial charge in [-0.2, -0.15) is 0 Å². The summed E-state index contributed by atoms with van der Waals surface area (Å²) in [7, 11) is 1.45. The Labute approximate surface area is 218 Å². The maximum atomic E-state index is 13.2. The van der Waals surface area contributed by atoms with Crippen LogP contribution in [-0.2, 0) is 33.4 Å². The molecule has 0 aromatic heterocycles. The minimum Gasteiger partial charge on any atom is -0.463 e. The van der Waals surface area contributed by atoms with Gasteiger partial charge in [0, 0.05) is 24.4 Å². The molecular formula is C29H40O8. The van der Waals surface area contributed by atoms with Crippen LogP contribution in [0.25, 0.3) is 0 Å². The van der Waals surface area contributed by atoms with Gasteiger partial charge in [-0.1, -0.05) is 19.9 Å². The van der Waals surface area contributed by atoms with Gasteiger partial charge in [-0.3, -0.25) is 14.4 Å². The molecule has 4 rings (SSSR count). The number of aliphatic hydroxyl groups excluding tert-OH is 1. The van der Waals surface area contributed by atoms with Gasteiger partial charge in [0.25, 0.3) is 0 Å². The van der Waals surface area contributed by atoms with Crippen molar-refractivity contribution in [3.8, 4) is 0 Å². The predicted octanol–water partition coefficient (Wildman–Crippen LogP) is 3.21. The van der Waals surface area contributed by atoms with E-state index in [4.69, 9.17) is 14.2 Å². The minimum atomic E-state index is -0.802. The van der Waals surface area contributed by atoms with Crippen LogP contribution in [0.15, 0.2) is 23.8 Å². The number of aliphatic hydroxyl groups is 1. The summed E-state index contributed by atoms with van der Waals surface area (Å²) >= 11 is 0. The van der Waals surface area contributed by atoms with E-state index >= 15 is 0 Å². The highest BCUT2D eigenvalue weighted by molar-refractivity contribution is 6.01. The zero-order valence-electron chi connectivity index (χ0n) is 22.4. The Morgan fingerprint density at radius 3 is 2.54 bits per heavy atom. The second-order valence-corrected chi connectivity index (χ2v) is 11.9. The molecule has 204 valence electrons. The van der Waals surface area contributed by atoms with Gasteiger partial charge < -0.3 is 19.3 Å². The lowest BCUT2D eigenvalue weighted by Crippen LogP contribution is -2.53. The van der Waals surface area contributed by atoms with Crippen LogP contribution in [-0.4, -0.2) is 61.6 Å². The van der Waals surface area contributed by atoms with Gasteiger partial charge in [-0.25, -0.2) is 4.79 Å². The highest BCUT2D eigenvalue weighted by Crippen LogP contribution is 2.67. The monoisotopic (exact) mass is 516 g/mol. The second kappa shape index (κ2) is 10.8. The molecule has 1 N–H and O–H groups in total. The molecule has 37 heavy (non-hydrogen) atoms. The number of ketones is 2. The number of allylic oxidation sites excluding steroid dienone is 3. The highest BCUT2D eigenvalue weighted by atomic mass is 16.6. The number of carbonyl (C=O) groups excluding carboxylic acids is 4. The van der Waals surface area contributed by atoms with Gasteiger partial charge in [0.2, 0.25) is 0 Å². The van der Waals surface area contributed by atoms with E-state index in [0.29, 0.717) is 17.8 Å². The van der Waals surface area contributed by atoms with Gasteiger partial charge in [0.1, 0.15) is 13.2 Å². The van der Waals surface area contributed by atoms with Crippen LogP contribution in [0.4, 0.5) is 0 Å². The molecule has 8 nitrogen and oxygen atoms in total. The third-order valence-electron chi connectivity index (χ3n) is 9.65. The number of carbonyl (C=O) groups is 4. The molecule has 0 radical (unpaired) electrons. The molecule has 0 aromatic carbocycles. The van der Waals surface area contributed by atoms with E-state index in [9.17, 15) is 24.3 Å². The lowest BCUT2D eigenvalue weighted by atomic mass is 9.46. The molecular weight excluding hydrogens is 476 g/mol. The molecule has 0 spiro atoms. The fourth-order valence-electron chi connectivity index (χ4n) is 8.01. The third-order valence-corrected chi connectivity index (χ3v) is 9.65. The van der Waals surface area contributed by atoms with E-state index in [1.54, 1.807) is 12.2 Å². The molecule has 4 aliphatic rings. The maximum Gasteiger partial charge on any atom is 0.332 e. The first-order valence-corrected chi connectivity index (χ1v) is 13.5. The van der Waals surface area contributed by atoms with Crippen LogP contribution in [0.5, 0.6) is 0 Å². The molecule has 0 bridgehead atoms. The van der Waals surface area contributed by atoms with Crippen LogP contribution in [0.1, 0.15) is 59.3 Å². The molecule has 3 saturated carbocycles. The first-order valence-electron chi connectivity index (χ1n) is 13.5. The molecule has 0 aliphatic heterocycles. The summed E-state index contributed by atoms with van der Waals surface area (Å²) in [6.07, 6.45) is 8.84. The van der Waals surface area contributed by atoms with E-state index < -0.39 is 18.0 Å².